The van der Waals surface area contributed by atoms with Gasteiger partial charge >= 0.3 is 0 Å². The van der Waals surface area contributed by atoms with E-state index in [1.807, 2.05) is 45.9 Å². The fourth-order valence-electron chi connectivity index (χ4n) is 4.40. The normalized spacial score (nSPS) is 17.5. The van der Waals surface area contributed by atoms with E-state index < -0.39 is 0 Å². The lowest BCUT2D eigenvalue weighted by molar-refractivity contribution is -0.117. The zero-order valence-electron chi connectivity index (χ0n) is 25.4. The molecule has 0 saturated carbocycles. The predicted molar refractivity (Wildman–Crippen MR) is 166 cm³/mol. The molecule has 4 heteroatoms. The third kappa shape index (κ3) is 17.9. The van der Waals surface area contributed by atoms with Crippen LogP contribution < -0.4 is 5.73 Å². The Balaban J connectivity index is 0.000000962. The molecule has 2 N–H and O–H groups in total. The molecule has 2 rings (SSSR count). The van der Waals surface area contributed by atoms with Crippen LogP contribution in [0.25, 0.3) is 0 Å². The van der Waals surface area contributed by atoms with Crippen molar-refractivity contribution in [3.63, 3.8) is 0 Å². The highest BCUT2D eigenvalue weighted by molar-refractivity contribution is 5.76. The van der Waals surface area contributed by atoms with Crippen LogP contribution in [0.4, 0.5) is 0 Å². The first kappa shape index (κ1) is 35.6. The number of likely N-dealkylation sites (tertiary alicyclic amines) is 1. The molecule has 1 aliphatic heterocycles. The first-order chi connectivity index (χ1) is 18.4. The smallest absolute Gasteiger partial charge is 0.221 e. The maximum Gasteiger partial charge on any atom is 0.221 e. The summed E-state index contributed by atoms with van der Waals surface area (Å²) in [6, 6.07) is 10.6. The second kappa shape index (κ2) is 23.7. The second-order valence-electron chi connectivity index (χ2n) is 9.81. The van der Waals surface area contributed by atoms with Crippen molar-refractivity contribution in [2.24, 2.45) is 17.6 Å². The van der Waals surface area contributed by atoms with Gasteiger partial charge in [-0.15, -0.1) is 0 Å². The Labute approximate surface area is 234 Å². The molecule has 2 atom stereocenters. The lowest BCUT2D eigenvalue weighted by Crippen LogP contribution is -2.38. The Bertz CT molecular complexity index is 839. The Hall–Kier alpha value is -2.43. The van der Waals surface area contributed by atoms with Gasteiger partial charge in [0.05, 0.1) is 6.61 Å². The second-order valence-corrected chi connectivity index (χ2v) is 9.81. The molecular formula is C34H56N2O2. The summed E-state index contributed by atoms with van der Waals surface area (Å²) in [6.07, 6.45) is 17.4. The molecule has 0 radical (unpaired) electrons. The van der Waals surface area contributed by atoms with Crippen molar-refractivity contribution < 1.29 is 9.53 Å². The van der Waals surface area contributed by atoms with Crippen LogP contribution in [0.2, 0.25) is 0 Å². The lowest BCUT2D eigenvalue weighted by Gasteiger charge is -2.36. The molecule has 1 aromatic carbocycles. The van der Waals surface area contributed by atoms with Crippen molar-refractivity contribution in [3.8, 4) is 0 Å². The quantitative estimate of drug-likeness (QED) is 0.211. The Morgan fingerprint density at radius 1 is 1.08 bits per heavy atom. The van der Waals surface area contributed by atoms with E-state index in [2.05, 4.69) is 74.2 Å². The summed E-state index contributed by atoms with van der Waals surface area (Å²) in [5, 5.41) is 0. The summed E-state index contributed by atoms with van der Waals surface area (Å²) in [6.45, 7) is 19.9. The minimum atomic E-state index is -0.279. The molecule has 1 aliphatic rings. The first-order valence-electron chi connectivity index (χ1n) is 14.6. The Morgan fingerprint density at radius 2 is 1.74 bits per heavy atom. The summed E-state index contributed by atoms with van der Waals surface area (Å²) < 4.78 is 5.84. The SMILES string of the molecule is C/C=C\C=C(/C)C(C)C1CCCN(CCCOCCc2ccccc2)C1.C/C=C\C=C(/C)CC(N)=O.CC. The van der Waals surface area contributed by atoms with Gasteiger partial charge in [0.2, 0.25) is 5.91 Å². The molecule has 2 unspecified atom stereocenters. The number of hydrogen-bond donors (Lipinski definition) is 1. The van der Waals surface area contributed by atoms with E-state index in [0.29, 0.717) is 12.3 Å². The predicted octanol–water partition coefficient (Wildman–Crippen LogP) is 7.92. The molecule has 1 aromatic rings. The van der Waals surface area contributed by atoms with Gasteiger partial charge in [0.25, 0.3) is 0 Å². The molecule has 0 spiro atoms. The summed E-state index contributed by atoms with van der Waals surface area (Å²) in [4.78, 5) is 13.0. The molecule has 1 amide bonds. The number of primary amides is 1. The third-order valence-electron chi connectivity index (χ3n) is 6.69. The van der Waals surface area contributed by atoms with Crippen LogP contribution >= 0.6 is 0 Å². The van der Waals surface area contributed by atoms with Crippen molar-refractivity contribution in [2.75, 3.05) is 32.8 Å². The van der Waals surface area contributed by atoms with Crippen molar-refractivity contribution in [3.05, 3.63) is 83.5 Å². The number of ether oxygens (including phenoxy) is 1. The van der Waals surface area contributed by atoms with Gasteiger partial charge in [0.1, 0.15) is 0 Å². The van der Waals surface area contributed by atoms with Crippen molar-refractivity contribution in [1.82, 2.24) is 4.90 Å². The van der Waals surface area contributed by atoms with E-state index in [1.165, 1.54) is 43.6 Å². The molecule has 38 heavy (non-hydrogen) atoms. The number of allylic oxidation sites excluding steroid dienone is 7. The molecule has 214 valence electrons. The standard InChI is InChI=1S/C24H37NO.C8H13NO.C2H6/c1-4-5-11-21(2)22(3)24-14-9-16-25(20-24)17-10-18-26-19-15-23-12-7-6-8-13-23;1-3-4-5-7(2)6-8(9)10;1-2/h4-8,11-13,22,24H,9-10,14-20H2,1-3H3;3-5H,6H2,1-2H3,(H2,9,10);1-2H3/b5-4-,21-11+;4-3-,7-5+;. The van der Waals surface area contributed by atoms with Gasteiger partial charge in [0.15, 0.2) is 0 Å². The van der Waals surface area contributed by atoms with Crippen molar-refractivity contribution in [1.29, 1.82) is 0 Å². The van der Waals surface area contributed by atoms with E-state index in [1.54, 1.807) is 0 Å². The van der Waals surface area contributed by atoms with Gasteiger partial charge in [-0.3, -0.25) is 4.79 Å². The highest BCUT2D eigenvalue weighted by Gasteiger charge is 2.24. The summed E-state index contributed by atoms with van der Waals surface area (Å²) in [5.74, 6) is 1.19. The zero-order valence-corrected chi connectivity index (χ0v) is 25.4. The van der Waals surface area contributed by atoms with Crippen molar-refractivity contribution in [2.45, 2.75) is 80.6 Å². The van der Waals surface area contributed by atoms with Crippen LogP contribution in [0.1, 0.15) is 79.7 Å². The summed E-state index contributed by atoms with van der Waals surface area (Å²) in [5.41, 5.74) is 8.83. The van der Waals surface area contributed by atoms with Gasteiger partial charge in [-0.25, -0.2) is 0 Å². The van der Waals surface area contributed by atoms with E-state index in [0.717, 1.165) is 37.5 Å². The molecule has 0 bridgehead atoms. The fourth-order valence-corrected chi connectivity index (χ4v) is 4.40. The average Bonchev–Trinajstić information content (AvgIpc) is 2.93. The van der Waals surface area contributed by atoms with Crippen LogP contribution in [0.15, 0.2) is 77.9 Å². The Morgan fingerprint density at radius 3 is 2.37 bits per heavy atom. The number of benzene rings is 1. The van der Waals surface area contributed by atoms with Crippen LogP contribution in [0, 0.1) is 11.8 Å². The largest absolute Gasteiger partial charge is 0.381 e. The average molecular weight is 525 g/mol. The molecule has 0 aliphatic carbocycles. The van der Waals surface area contributed by atoms with Crippen molar-refractivity contribution >= 4 is 5.91 Å². The van der Waals surface area contributed by atoms with E-state index in [-0.39, 0.29) is 5.91 Å². The number of hydrogen-bond acceptors (Lipinski definition) is 3. The number of piperidine rings is 1. The van der Waals surface area contributed by atoms with E-state index in [9.17, 15) is 4.79 Å². The molecule has 1 heterocycles. The molecule has 4 nitrogen and oxygen atoms in total. The topological polar surface area (TPSA) is 55.6 Å². The third-order valence-corrected chi connectivity index (χ3v) is 6.69. The number of carbonyl (C=O) groups excluding carboxylic acids is 1. The van der Waals surface area contributed by atoms with E-state index in [4.69, 9.17) is 10.5 Å². The van der Waals surface area contributed by atoms with Crippen LogP contribution in [-0.2, 0) is 16.0 Å². The number of amides is 1. The minimum Gasteiger partial charge on any atom is -0.381 e. The van der Waals surface area contributed by atoms with Crippen LogP contribution in [0.5, 0.6) is 0 Å². The number of rotatable bonds is 13. The fraction of sp³-hybridized carbons (Fsp3) is 0.559. The van der Waals surface area contributed by atoms with Gasteiger partial charge in [-0.2, -0.15) is 0 Å². The lowest BCUT2D eigenvalue weighted by atomic mass is 9.82. The first-order valence-corrected chi connectivity index (χ1v) is 14.6. The number of nitrogens with zero attached hydrogens (tertiary/aromatic N) is 1. The molecule has 1 saturated heterocycles. The molecule has 1 fully saturated rings. The maximum absolute atomic E-state index is 10.3. The molecule has 0 aromatic heterocycles. The maximum atomic E-state index is 10.3. The van der Waals surface area contributed by atoms with Gasteiger partial charge in [0, 0.05) is 26.1 Å². The highest BCUT2D eigenvalue weighted by atomic mass is 16.5. The zero-order chi connectivity index (χ0) is 28.6. The monoisotopic (exact) mass is 524 g/mol. The van der Waals surface area contributed by atoms with Gasteiger partial charge < -0.3 is 15.4 Å². The van der Waals surface area contributed by atoms with Crippen LogP contribution in [-0.4, -0.2) is 43.7 Å². The van der Waals surface area contributed by atoms with Gasteiger partial charge in [-0.1, -0.05) is 98.7 Å². The number of nitrogens with two attached hydrogens (primary N) is 1. The Kier molecular flexibility index (Phi) is 22.2. The molecular weight excluding hydrogens is 468 g/mol. The van der Waals surface area contributed by atoms with Gasteiger partial charge in [-0.05, 0) is 77.3 Å². The van der Waals surface area contributed by atoms with E-state index >= 15 is 0 Å². The summed E-state index contributed by atoms with van der Waals surface area (Å²) >= 11 is 0. The highest BCUT2D eigenvalue weighted by Crippen LogP contribution is 2.28. The number of carbonyl (C=O) groups is 1. The van der Waals surface area contributed by atoms with Crippen LogP contribution in [0.3, 0.4) is 0 Å². The minimum absolute atomic E-state index is 0.279. The summed E-state index contributed by atoms with van der Waals surface area (Å²) in [7, 11) is 0.